The zero-order valence-electron chi connectivity index (χ0n) is 40.4. The molecule has 3 amide bonds. The molecule has 3 unspecified atom stereocenters. The van der Waals surface area contributed by atoms with Crippen molar-refractivity contribution in [1.82, 2.24) is 15.1 Å². The van der Waals surface area contributed by atoms with Crippen LogP contribution >= 0.6 is 0 Å². The Bertz CT molecular complexity index is 2300. The zero-order valence-corrected chi connectivity index (χ0v) is 43.3. The molecule has 2 saturated heterocycles. The molecular formula is C56H67F2N3O6Y-2. The van der Waals surface area contributed by atoms with E-state index in [2.05, 4.69) is 60.8 Å². The fourth-order valence-electron chi connectivity index (χ4n) is 10.1. The molecule has 1 saturated carbocycles. The predicted octanol–water partition coefficient (Wildman–Crippen LogP) is 11.4. The van der Waals surface area contributed by atoms with Crippen LogP contribution in [0.5, 0.6) is 0 Å². The fraction of sp³-hybridized carbons (Fsp3) is 0.464. The second kappa shape index (κ2) is 23.0. The number of nitrogens with one attached hydrogen (secondary N) is 1. The van der Waals surface area contributed by atoms with Crippen LogP contribution in [0.2, 0.25) is 0 Å². The second-order valence-corrected chi connectivity index (χ2v) is 20.7. The van der Waals surface area contributed by atoms with E-state index in [4.69, 9.17) is 9.47 Å². The van der Waals surface area contributed by atoms with Crippen LogP contribution in [0.1, 0.15) is 133 Å². The molecule has 1 aliphatic carbocycles. The number of carbonyl (C=O) groups is 4. The van der Waals surface area contributed by atoms with Crippen LogP contribution in [0, 0.1) is 19.3 Å². The number of alkyl carbamates (subject to hydrolysis) is 1. The van der Waals surface area contributed by atoms with E-state index in [1.54, 1.807) is 70.7 Å². The van der Waals surface area contributed by atoms with E-state index >= 15 is 4.39 Å². The van der Waals surface area contributed by atoms with Gasteiger partial charge in [-0.05, 0) is 107 Å². The number of amides is 3. The largest absolute Gasteiger partial charge is 0.460 e. The number of likely N-dealkylation sites (tertiary alicyclic amines) is 2. The third-order valence-electron chi connectivity index (χ3n) is 13.3. The molecule has 2 aliphatic heterocycles. The number of ether oxygens (including phenoxy) is 2. The molecule has 3 aliphatic rings. The summed E-state index contributed by atoms with van der Waals surface area (Å²) in [5, 5.41) is 2.73. The zero-order chi connectivity index (χ0) is 48.0. The Balaban J connectivity index is 0.00000761. The maximum atomic E-state index is 15.2. The monoisotopic (exact) mass is 1000 g/mol. The normalized spacial score (nSPS) is 23.0. The van der Waals surface area contributed by atoms with Crippen LogP contribution in [0.25, 0.3) is 11.1 Å². The standard InChI is InChI=1S/C56H67F2N3O6.Y/c1-36(18-29-47-31-45(57)34-60(47)53(64)51(42-16-12-9-13-17-42)59-54(65)67-56(5,6)7)37-19-21-38(22-20-37)39-23-25-40(26-24-39)43-27-28-44(30-43)49-32-46(58)35-61(49)52(63)48(41-14-10-8-11-15-41)33-50(62)66-55(2,3)4;/h8-17,19-26,29,36,43-49,51H,1,18,27-28,30-35H2,2-7H3,(H,59,65);/q-2;/t36?,43?,44?,45-,46-,47+,48+,49-,51+;/m0./s1. The van der Waals surface area contributed by atoms with E-state index in [0.29, 0.717) is 18.4 Å². The van der Waals surface area contributed by atoms with Crippen molar-refractivity contribution >= 4 is 23.9 Å². The molecular weight excluding hydrogens is 938 g/mol. The summed E-state index contributed by atoms with van der Waals surface area (Å²) in [7, 11) is 0. The van der Waals surface area contributed by atoms with Crippen molar-refractivity contribution < 1.29 is 70.1 Å². The molecule has 0 spiro atoms. The summed E-state index contributed by atoms with van der Waals surface area (Å²) in [5.41, 5.74) is 4.24. The SMILES string of the molecule is [CH2-]C(C[CH-][C@@H]1C[C@H](F)CN1C(=O)[C@H](NC(=O)OC(C)(C)C)c1ccccc1)c1ccc(-c2ccc(C3CCC([C@@H]4C[C@H](F)CN4C(=O)[C@H](CC(=O)OC(C)(C)C)c4ccccc4)C3)cc2)cc1.[Y]. The average molecular weight is 1010 g/mol. The molecule has 4 aromatic rings. The van der Waals surface area contributed by atoms with Crippen molar-refractivity contribution in [3.8, 4) is 11.1 Å². The second-order valence-electron chi connectivity index (χ2n) is 20.7. The number of alkyl halides is 2. The molecule has 361 valence electrons. The Hall–Kier alpha value is -4.48. The molecule has 4 aromatic carbocycles. The molecule has 9 atom stereocenters. The van der Waals surface area contributed by atoms with E-state index in [0.717, 1.165) is 41.5 Å². The summed E-state index contributed by atoms with van der Waals surface area (Å²) >= 11 is 0. The van der Waals surface area contributed by atoms with Gasteiger partial charge in [-0.2, -0.15) is 12.3 Å². The number of rotatable bonds is 14. The van der Waals surface area contributed by atoms with Crippen LogP contribution in [-0.2, 0) is 56.6 Å². The quantitative estimate of drug-likeness (QED) is 0.0996. The average Bonchev–Trinajstić information content (AvgIpc) is 4.04. The van der Waals surface area contributed by atoms with Crippen molar-refractivity contribution in [2.24, 2.45) is 5.92 Å². The van der Waals surface area contributed by atoms with Crippen LogP contribution < -0.4 is 5.32 Å². The van der Waals surface area contributed by atoms with Crippen LogP contribution in [0.4, 0.5) is 13.6 Å². The van der Waals surface area contributed by atoms with Gasteiger partial charge >= 0.3 is 12.1 Å². The third-order valence-corrected chi connectivity index (χ3v) is 13.3. The van der Waals surface area contributed by atoms with Gasteiger partial charge in [0.2, 0.25) is 11.8 Å². The number of halogens is 2. The van der Waals surface area contributed by atoms with Gasteiger partial charge in [0.25, 0.3) is 0 Å². The van der Waals surface area contributed by atoms with E-state index in [1.807, 2.05) is 42.8 Å². The summed E-state index contributed by atoms with van der Waals surface area (Å²) in [5.74, 6) is -1.51. The van der Waals surface area contributed by atoms with Gasteiger partial charge in [0.15, 0.2) is 0 Å². The number of carbonyl (C=O) groups excluding carboxylic acids is 4. The summed E-state index contributed by atoms with van der Waals surface area (Å²) in [6, 6.07) is 33.4. The first-order valence-electron chi connectivity index (χ1n) is 23.9. The van der Waals surface area contributed by atoms with E-state index in [1.165, 1.54) is 10.5 Å². The van der Waals surface area contributed by atoms with Gasteiger partial charge in [-0.25, -0.2) is 13.6 Å². The first-order chi connectivity index (χ1) is 31.8. The minimum atomic E-state index is -1.19. The first kappa shape index (κ1) is 52.9. The molecule has 1 radical (unpaired) electrons. The molecule has 3 fully saturated rings. The van der Waals surface area contributed by atoms with Gasteiger partial charge in [-0.3, -0.25) is 14.4 Å². The number of hydrogen-bond donors (Lipinski definition) is 1. The predicted molar refractivity (Wildman–Crippen MR) is 257 cm³/mol. The van der Waals surface area contributed by atoms with Gasteiger partial charge < -0.3 is 37.9 Å². The molecule has 9 nitrogen and oxygen atoms in total. The Labute approximate surface area is 427 Å². The molecule has 12 heteroatoms. The van der Waals surface area contributed by atoms with Gasteiger partial charge in [0, 0.05) is 51.7 Å². The van der Waals surface area contributed by atoms with Crippen molar-refractivity contribution in [2.75, 3.05) is 13.1 Å². The minimum absolute atomic E-state index is 0. The topological polar surface area (TPSA) is 105 Å². The molecule has 0 aromatic heterocycles. The van der Waals surface area contributed by atoms with Crippen LogP contribution in [-0.4, -0.2) is 82.4 Å². The van der Waals surface area contributed by atoms with Crippen LogP contribution in [0.3, 0.4) is 0 Å². The summed E-state index contributed by atoms with van der Waals surface area (Å²) in [4.78, 5) is 57.4. The molecule has 7 rings (SSSR count). The van der Waals surface area contributed by atoms with E-state index in [9.17, 15) is 23.6 Å². The van der Waals surface area contributed by atoms with Crippen molar-refractivity contribution in [3.05, 3.63) is 145 Å². The molecule has 2 heterocycles. The first-order valence-corrected chi connectivity index (χ1v) is 23.9. The Kier molecular flexibility index (Phi) is 17.9. The van der Waals surface area contributed by atoms with E-state index in [-0.39, 0.29) is 88.3 Å². The maximum absolute atomic E-state index is 15.2. The van der Waals surface area contributed by atoms with Crippen molar-refractivity contribution in [1.29, 1.82) is 0 Å². The van der Waals surface area contributed by atoms with Crippen LogP contribution in [0.15, 0.2) is 109 Å². The number of nitrogens with zero attached hydrogens (tertiary/aromatic N) is 2. The van der Waals surface area contributed by atoms with E-state index < -0.39 is 59.5 Å². The number of benzene rings is 4. The summed E-state index contributed by atoms with van der Waals surface area (Å²) < 4.78 is 41.3. The Morgan fingerprint density at radius 2 is 1.25 bits per heavy atom. The van der Waals surface area contributed by atoms with Gasteiger partial charge in [-0.15, -0.1) is 0 Å². The number of esters is 1. The Morgan fingerprint density at radius 3 is 1.85 bits per heavy atom. The van der Waals surface area contributed by atoms with Crippen molar-refractivity contribution in [2.45, 2.75) is 146 Å². The summed E-state index contributed by atoms with van der Waals surface area (Å²) in [6.45, 7) is 15.0. The molecule has 0 bridgehead atoms. The smallest absolute Gasteiger partial charge is 0.408 e. The fourth-order valence-corrected chi connectivity index (χ4v) is 10.1. The number of hydrogen-bond acceptors (Lipinski definition) is 6. The Morgan fingerprint density at radius 1 is 0.691 bits per heavy atom. The molecule has 68 heavy (non-hydrogen) atoms. The van der Waals surface area contributed by atoms with Crippen molar-refractivity contribution in [3.63, 3.8) is 0 Å². The molecule has 1 N–H and O–H groups in total. The summed E-state index contributed by atoms with van der Waals surface area (Å²) in [6.07, 6.45) is 2.54. The van der Waals surface area contributed by atoms with Gasteiger partial charge in [-0.1, -0.05) is 121 Å². The maximum Gasteiger partial charge on any atom is 0.408 e. The minimum Gasteiger partial charge on any atom is -0.460 e. The third kappa shape index (κ3) is 13.9. The van der Waals surface area contributed by atoms with Gasteiger partial charge in [0.1, 0.15) is 29.6 Å². The van der Waals surface area contributed by atoms with Gasteiger partial charge in [0.05, 0.1) is 18.9 Å².